The maximum absolute atomic E-state index is 12.0. The van der Waals surface area contributed by atoms with Crippen LogP contribution < -0.4 is 0 Å². The molecule has 0 saturated carbocycles. The first-order chi connectivity index (χ1) is 20.5. The normalized spacial score (nSPS) is 22.1. The summed E-state index contributed by atoms with van der Waals surface area (Å²) in [4.78, 5) is 12.0. The fourth-order valence-corrected chi connectivity index (χ4v) is 5.47. The number of aromatic carboxylic acids is 1. The van der Waals surface area contributed by atoms with Gasteiger partial charge in [0.15, 0.2) is 0 Å². The zero-order chi connectivity index (χ0) is 29.3. The molecule has 1 aliphatic heterocycles. The molecule has 1 saturated heterocycles. The molecule has 5 atom stereocenters. The van der Waals surface area contributed by atoms with Gasteiger partial charge in [0, 0.05) is 0 Å². The van der Waals surface area contributed by atoms with Crippen molar-refractivity contribution in [1.29, 1.82) is 0 Å². The number of hydrogen-bond donors (Lipinski definition) is 1. The van der Waals surface area contributed by atoms with Crippen LogP contribution in [0.5, 0.6) is 0 Å². The Hall–Kier alpha value is -3.52. The summed E-state index contributed by atoms with van der Waals surface area (Å²) >= 11 is 6.23. The predicted molar refractivity (Wildman–Crippen MR) is 161 cm³/mol. The summed E-state index contributed by atoms with van der Waals surface area (Å²) in [7, 11) is 0. The van der Waals surface area contributed by atoms with Crippen LogP contribution >= 0.6 is 11.6 Å². The lowest BCUT2D eigenvalue weighted by molar-refractivity contribution is -0.267. The SMILES string of the molecule is CC[C@H]1O[C@@H](c2ccc(Cl)c(C(=O)O)c2)[C@H](OCc2ccccc2)[C@@H](OCc2ccccc2)[C@@H]1OCc1ccccc1. The van der Waals surface area contributed by atoms with Gasteiger partial charge in [0.25, 0.3) is 0 Å². The van der Waals surface area contributed by atoms with Crippen molar-refractivity contribution in [2.24, 2.45) is 0 Å². The standard InChI is InChI=1S/C35H35ClO6/c1-2-30-32(39-21-24-12-6-3-7-13-24)34(41-23-26-16-10-5-11-17-26)33(40-22-25-14-8-4-9-15-25)31(42-30)27-18-19-29(36)28(20-27)35(37)38/h3-20,30-34H,2,21-23H2,1H3,(H,37,38)/t30-,31+,32-,33+,34+/m1/s1. The van der Waals surface area contributed by atoms with Crippen LogP contribution in [-0.2, 0) is 38.8 Å². The third-order valence-corrected chi connectivity index (χ3v) is 7.77. The predicted octanol–water partition coefficient (Wildman–Crippen LogP) is 7.64. The molecule has 4 aromatic rings. The number of halogens is 1. The third-order valence-electron chi connectivity index (χ3n) is 7.44. The van der Waals surface area contributed by atoms with Crippen molar-refractivity contribution in [3.05, 3.63) is 142 Å². The van der Waals surface area contributed by atoms with Crippen molar-refractivity contribution in [1.82, 2.24) is 0 Å². The van der Waals surface area contributed by atoms with Crippen LogP contribution in [0.25, 0.3) is 0 Å². The topological polar surface area (TPSA) is 74.2 Å². The second-order valence-electron chi connectivity index (χ2n) is 10.3. The summed E-state index contributed by atoms with van der Waals surface area (Å²) in [6.45, 7) is 3.10. The van der Waals surface area contributed by atoms with E-state index in [0.29, 0.717) is 31.8 Å². The third kappa shape index (κ3) is 7.46. The minimum Gasteiger partial charge on any atom is -0.478 e. The van der Waals surface area contributed by atoms with E-state index in [2.05, 4.69) is 0 Å². The Morgan fingerprint density at radius 3 is 1.67 bits per heavy atom. The molecule has 1 fully saturated rings. The van der Waals surface area contributed by atoms with Crippen LogP contribution in [0.1, 0.15) is 52.1 Å². The second kappa shape index (κ2) is 14.6. The van der Waals surface area contributed by atoms with Crippen LogP contribution in [0, 0.1) is 0 Å². The van der Waals surface area contributed by atoms with Crippen molar-refractivity contribution in [2.75, 3.05) is 0 Å². The van der Waals surface area contributed by atoms with E-state index in [0.717, 1.165) is 16.7 Å². The summed E-state index contributed by atoms with van der Waals surface area (Å²) in [6, 6.07) is 34.8. The summed E-state index contributed by atoms with van der Waals surface area (Å²) in [5.74, 6) is -1.10. The van der Waals surface area contributed by atoms with Crippen molar-refractivity contribution in [3.63, 3.8) is 0 Å². The molecule has 42 heavy (non-hydrogen) atoms. The molecule has 0 spiro atoms. The number of rotatable bonds is 12. The Bertz CT molecular complexity index is 1420. The molecule has 5 rings (SSSR count). The van der Waals surface area contributed by atoms with Gasteiger partial charge in [-0.1, -0.05) is 116 Å². The average Bonchev–Trinajstić information content (AvgIpc) is 3.03. The Morgan fingerprint density at radius 1 is 0.714 bits per heavy atom. The summed E-state index contributed by atoms with van der Waals surface area (Å²) in [5.41, 5.74) is 3.73. The van der Waals surface area contributed by atoms with E-state index in [1.807, 2.05) is 97.9 Å². The molecular formula is C35H35ClO6. The van der Waals surface area contributed by atoms with Gasteiger partial charge in [-0.25, -0.2) is 4.79 Å². The van der Waals surface area contributed by atoms with Gasteiger partial charge in [0.2, 0.25) is 0 Å². The molecule has 0 amide bonds. The smallest absolute Gasteiger partial charge is 0.337 e. The first kappa shape index (κ1) is 30.0. The quantitative estimate of drug-likeness (QED) is 0.184. The maximum atomic E-state index is 12.0. The van der Waals surface area contributed by atoms with Gasteiger partial charge < -0.3 is 24.1 Å². The number of carboxylic acid groups (broad SMARTS) is 1. The molecule has 218 valence electrons. The van der Waals surface area contributed by atoms with E-state index in [-0.39, 0.29) is 16.7 Å². The summed E-state index contributed by atoms with van der Waals surface area (Å²) in [5, 5.41) is 9.95. The van der Waals surface area contributed by atoms with Crippen LogP contribution in [-0.4, -0.2) is 35.5 Å². The molecular weight excluding hydrogens is 552 g/mol. The zero-order valence-corrected chi connectivity index (χ0v) is 24.2. The fraction of sp³-hybridized carbons (Fsp3) is 0.286. The number of hydrogen-bond acceptors (Lipinski definition) is 5. The highest BCUT2D eigenvalue weighted by molar-refractivity contribution is 6.33. The minimum atomic E-state index is -1.10. The molecule has 1 N–H and O–H groups in total. The minimum absolute atomic E-state index is 0.0110. The van der Waals surface area contributed by atoms with E-state index < -0.39 is 30.4 Å². The van der Waals surface area contributed by atoms with E-state index in [1.54, 1.807) is 18.2 Å². The summed E-state index contributed by atoms with van der Waals surface area (Å²) in [6.07, 6.45) is -1.87. The van der Waals surface area contributed by atoms with Crippen LogP contribution in [0.2, 0.25) is 5.02 Å². The van der Waals surface area contributed by atoms with Crippen molar-refractivity contribution in [2.45, 2.75) is 63.7 Å². The van der Waals surface area contributed by atoms with Crippen LogP contribution in [0.4, 0.5) is 0 Å². The van der Waals surface area contributed by atoms with Gasteiger partial charge in [-0.2, -0.15) is 0 Å². The van der Waals surface area contributed by atoms with Gasteiger partial charge in [0.05, 0.1) is 36.5 Å². The van der Waals surface area contributed by atoms with E-state index >= 15 is 0 Å². The number of benzene rings is 4. The van der Waals surface area contributed by atoms with Crippen molar-refractivity contribution in [3.8, 4) is 0 Å². The molecule has 4 aromatic carbocycles. The van der Waals surface area contributed by atoms with Gasteiger partial charge in [-0.05, 0) is 40.8 Å². The van der Waals surface area contributed by atoms with Crippen LogP contribution in [0.3, 0.4) is 0 Å². The van der Waals surface area contributed by atoms with E-state index in [4.69, 9.17) is 30.5 Å². The van der Waals surface area contributed by atoms with Gasteiger partial charge in [-0.15, -0.1) is 0 Å². The highest BCUT2D eigenvalue weighted by atomic mass is 35.5. The van der Waals surface area contributed by atoms with Gasteiger partial charge >= 0.3 is 5.97 Å². The summed E-state index contributed by atoms with van der Waals surface area (Å²) < 4.78 is 26.6. The lowest BCUT2D eigenvalue weighted by atomic mass is 9.89. The van der Waals surface area contributed by atoms with Crippen molar-refractivity contribution >= 4 is 17.6 Å². The van der Waals surface area contributed by atoms with Crippen LogP contribution in [0.15, 0.2) is 109 Å². The zero-order valence-electron chi connectivity index (χ0n) is 23.5. The average molecular weight is 587 g/mol. The largest absolute Gasteiger partial charge is 0.478 e. The monoisotopic (exact) mass is 586 g/mol. The number of ether oxygens (including phenoxy) is 4. The van der Waals surface area contributed by atoms with E-state index in [9.17, 15) is 9.90 Å². The maximum Gasteiger partial charge on any atom is 0.337 e. The molecule has 0 aromatic heterocycles. The number of carbonyl (C=O) groups is 1. The molecule has 6 nitrogen and oxygen atoms in total. The first-order valence-electron chi connectivity index (χ1n) is 14.2. The molecule has 0 unspecified atom stereocenters. The molecule has 1 aliphatic rings. The second-order valence-corrected chi connectivity index (χ2v) is 10.7. The molecule has 0 radical (unpaired) electrons. The highest BCUT2D eigenvalue weighted by Crippen LogP contribution is 2.40. The Kier molecular flexibility index (Phi) is 10.4. The fourth-order valence-electron chi connectivity index (χ4n) is 5.27. The molecule has 0 bridgehead atoms. The first-order valence-corrected chi connectivity index (χ1v) is 14.6. The van der Waals surface area contributed by atoms with Crippen molar-refractivity contribution < 1.29 is 28.8 Å². The van der Waals surface area contributed by atoms with Gasteiger partial charge in [0.1, 0.15) is 24.4 Å². The van der Waals surface area contributed by atoms with E-state index in [1.165, 1.54) is 0 Å². The Balaban J connectivity index is 1.52. The Labute approximate surface area is 251 Å². The molecule has 7 heteroatoms. The van der Waals surface area contributed by atoms with Gasteiger partial charge in [-0.3, -0.25) is 0 Å². The molecule has 0 aliphatic carbocycles. The number of carboxylic acids is 1. The lowest BCUT2D eigenvalue weighted by Gasteiger charge is -2.46. The lowest BCUT2D eigenvalue weighted by Crippen LogP contribution is -2.57. The Morgan fingerprint density at radius 2 is 1.19 bits per heavy atom. The molecule has 1 heterocycles. The highest BCUT2D eigenvalue weighted by Gasteiger charge is 2.48.